The number of hydrogen-bond donors (Lipinski definition) is 1. The first kappa shape index (κ1) is 11.0. The molecule has 0 saturated heterocycles. The molecule has 2 atom stereocenters. The Kier molecular flexibility index (Phi) is 2.97. The van der Waals surface area contributed by atoms with E-state index in [-0.39, 0.29) is 6.10 Å². The maximum absolute atomic E-state index is 6.04. The molecule has 4 heteroatoms. The van der Waals surface area contributed by atoms with E-state index in [0.717, 1.165) is 38.0 Å². The molecule has 3 rings (SSSR count). The normalized spacial score (nSPS) is 27.8. The van der Waals surface area contributed by atoms with Gasteiger partial charge in [-0.25, -0.2) is 9.97 Å². The van der Waals surface area contributed by atoms with E-state index in [1.54, 1.807) is 6.33 Å². The first-order valence-corrected chi connectivity index (χ1v) is 6.58. The number of fused-ring (bicyclic) bond motifs is 1. The first-order valence-electron chi connectivity index (χ1n) is 6.58. The SMILES string of the molecule is NC1CCCC(Oc2ncnc3c2CCC3)C1. The minimum Gasteiger partial charge on any atom is -0.474 e. The summed E-state index contributed by atoms with van der Waals surface area (Å²) >= 11 is 0. The molecule has 0 spiro atoms. The number of ether oxygens (including phenoxy) is 1. The van der Waals surface area contributed by atoms with Gasteiger partial charge in [-0.15, -0.1) is 0 Å². The summed E-state index contributed by atoms with van der Waals surface area (Å²) in [5.74, 6) is 0.812. The van der Waals surface area contributed by atoms with E-state index in [2.05, 4.69) is 9.97 Å². The van der Waals surface area contributed by atoms with Crippen LogP contribution in [-0.4, -0.2) is 22.1 Å². The van der Waals surface area contributed by atoms with Crippen molar-refractivity contribution in [2.45, 2.75) is 57.1 Å². The van der Waals surface area contributed by atoms with Crippen molar-refractivity contribution in [2.24, 2.45) is 5.73 Å². The molecule has 1 saturated carbocycles. The Labute approximate surface area is 102 Å². The second-order valence-electron chi connectivity index (χ2n) is 5.12. The van der Waals surface area contributed by atoms with Gasteiger partial charge >= 0.3 is 0 Å². The summed E-state index contributed by atoms with van der Waals surface area (Å²) < 4.78 is 6.04. The van der Waals surface area contributed by atoms with Gasteiger partial charge in [0.2, 0.25) is 5.88 Å². The fourth-order valence-corrected chi connectivity index (χ4v) is 2.88. The van der Waals surface area contributed by atoms with Crippen molar-refractivity contribution in [1.82, 2.24) is 9.97 Å². The summed E-state index contributed by atoms with van der Waals surface area (Å²) in [6.45, 7) is 0. The third-order valence-electron chi connectivity index (χ3n) is 3.78. The van der Waals surface area contributed by atoms with E-state index < -0.39 is 0 Å². The Bertz CT molecular complexity index is 408. The molecule has 0 amide bonds. The van der Waals surface area contributed by atoms with Crippen LogP contribution < -0.4 is 10.5 Å². The summed E-state index contributed by atoms with van der Waals surface area (Å²) in [5, 5.41) is 0. The van der Waals surface area contributed by atoms with Gasteiger partial charge in [0.15, 0.2) is 0 Å². The second-order valence-corrected chi connectivity index (χ2v) is 5.12. The minimum atomic E-state index is 0.248. The van der Waals surface area contributed by atoms with E-state index >= 15 is 0 Å². The summed E-state index contributed by atoms with van der Waals surface area (Å²) in [6.07, 6.45) is 9.53. The summed E-state index contributed by atoms with van der Waals surface area (Å²) in [5.41, 5.74) is 8.38. The number of hydrogen-bond acceptors (Lipinski definition) is 4. The van der Waals surface area contributed by atoms with Crippen molar-refractivity contribution in [2.75, 3.05) is 0 Å². The smallest absolute Gasteiger partial charge is 0.220 e. The van der Waals surface area contributed by atoms with Gasteiger partial charge in [-0.05, 0) is 44.9 Å². The molecule has 2 N–H and O–H groups in total. The van der Waals surface area contributed by atoms with Crippen LogP contribution in [0.3, 0.4) is 0 Å². The van der Waals surface area contributed by atoms with Crippen LogP contribution in [0.1, 0.15) is 43.4 Å². The van der Waals surface area contributed by atoms with Gasteiger partial charge in [-0.2, -0.15) is 0 Å². The Morgan fingerprint density at radius 2 is 2.12 bits per heavy atom. The van der Waals surface area contributed by atoms with Gasteiger partial charge in [0.1, 0.15) is 12.4 Å². The third kappa shape index (κ3) is 2.27. The number of rotatable bonds is 2. The van der Waals surface area contributed by atoms with Crippen molar-refractivity contribution in [1.29, 1.82) is 0 Å². The van der Waals surface area contributed by atoms with E-state index in [9.17, 15) is 0 Å². The number of nitrogens with two attached hydrogens (primary N) is 1. The van der Waals surface area contributed by atoms with Gasteiger partial charge in [0.05, 0.1) is 5.69 Å². The van der Waals surface area contributed by atoms with Crippen LogP contribution in [0, 0.1) is 0 Å². The highest BCUT2D eigenvalue weighted by Gasteiger charge is 2.24. The average molecular weight is 233 g/mol. The number of aryl methyl sites for hydroxylation is 1. The Hall–Kier alpha value is -1.16. The van der Waals surface area contributed by atoms with Crippen LogP contribution in [0.15, 0.2) is 6.33 Å². The zero-order chi connectivity index (χ0) is 11.7. The maximum Gasteiger partial charge on any atom is 0.220 e. The van der Waals surface area contributed by atoms with E-state index in [0.29, 0.717) is 6.04 Å². The molecule has 0 aromatic carbocycles. The Morgan fingerprint density at radius 1 is 1.18 bits per heavy atom. The first-order chi connectivity index (χ1) is 8.33. The standard InChI is InChI=1S/C13H19N3O/c14-9-3-1-4-10(7-9)17-13-11-5-2-6-12(11)15-8-16-13/h8-10H,1-7,14H2. The molecular formula is C13H19N3O. The molecule has 0 aliphatic heterocycles. The number of nitrogens with zero attached hydrogens (tertiary/aromatic N) is 2. The van der Waals surface area contributed by atoms with Gasteiger partial charge in [0.25, 0.3) is 0 Å². The molecule has 0 radical (unpaired) electrons. The van der Waals surface area contributed by atoms with Crippen LogP contribution in [0.4, 0.5) is 0 Å². The second kappa shape index (κ2) is 4.61. The number of aromatic nitrogens is 2. The Morgan fingerprint density at radius 3 is 3.00 bits per heavy atom. The molecular weight excluding hydrogens is 214 g/mol. The van der Waals surface area contributed by atoms with Crippen molar-refractivity contribution < 1.29 is 4.74 Å². The molecule has 2 aliphatic carbocycles. The molecule has 1 aromatic heterocycles. The van der Waals surface area contributed by atoms with E-state index in [4.69, 9.17) is 10.5 Å². The van der Waals surface area contributed by atoms with Gasteiger partial charge in [-0.1, -0.05) is 0 Å². The fourth-order valence-electron chi connectivity index (χ4n) is 2.88. The predicted molar refractivity (Wildman–Crippen MR) is 64.9 cm³/mol. The average Bonchev–Trinajstić information content (AvgIpc) is 2.78. The van der Waals surface area contributed by atoms with Gasteiger partial charge in [-0.3, -0.25) is 0 Å². The van der Waals surface area contributed by atoms with Crippen LogP contribution in [0.5, 0.6) is 5.88 Å². The summed E-state index contributed by atoms with van der Waals surface area (Å²) in [7, 11) is 0. The molecule has 92 valence electrons. The van der Waals surface area contributed by atoms with Gasteiger partial charge < -0.3 is 10.5 Å². The quantitative estimate of drug-likeness (QED) is 0.843. The minimum absolute atomic E-state index is 0.248. The van der Waals surface area contributed by atoms with Crippen molar-refractivity contribution in [3.05, 3.63) is 17.6 Å². The van der Waals surface area contributed by atoms with Crippen molar-refractivity contribution in [3.8, 4) is 5.88 Å². The monoisotopic (exact) mass is 233 g/mol. The lowest BCUT2D eigenvalue weighted by atomic mass is 9.93. The molecule has 0 bridgehead atoms. The zero-order valence-electron chi connectivity index (χ0n) is 10.1. The van der Waals surface area contributed by atoms with Crippen LogP contribution >= 0.6 is 0 Å². The lowest BCUT2D eigenvalue weighted by molar-refractivity contribution is 0.137. The zero-order valence-corrected chi connectivity index (χ0v) is 10.1. The molecule has 1 fully saturated rings. The van der Waals surface area contributed by atoms with Crippen LogP contribution in [0.25, 0.3) is 0 Å². The highest BCUT2D eigenvalue weighted by Crippen LogP contribution is 2.29. The fraction of sp³-hybridized carbons (Fsp3) is 0.692. The van der Waals surface area contributed by atoms with E-state index in [1.165, 1.54) is 24.1 Å². The molecule has 4 nitrogen and oxygen atoms in total. The largest absolute Gasteiger partial charge is 0.474 e. The van der Waals surface area contributed by atoms with Crippen LogP contribution in [0.2, 0.25) is 0 Å². The topological polar surface area (TPSA) is 61.0 Å². The van der Waals surface area contributed by atoms with Crippen molar-refractivity contribution >= 4 is 0 Å². The lowest BCUT2D eigenvalue weighted by Crippen LogP contribution is -2.34. The van der Waals surface area contributed by atoms with Gasteiger partial charge in [0, 0.05) is 11.6 Å². The maximum atomic E-state index is 6.04. The van der Waals surface area contributed by atoms with Crippen molar-refractivity contribution in [3.63, 3.8) is 0 Å². The van der Waals surface area contributed by atoms with E-state index in [1.807, 2.05) is 0 Å². The molecule has 1 aromatic rings. The molecule has 2 unspecified atom stereocenters. The third-order valence-corrected chi connectivity index (χ3v) is 3.78. The molecule has 1 heterocycles. The Balaban J connectivity index is 1.74. The summed E-state index contributed by atoms with van der Waals surface area (Å²) in [6, 6.07) is 0.295. The molecule has 17 heavy (non-hydrogen) atoms. The lowest BCUT2D eigenvalue weighted by Gasteiger charge is -2.27. The highest BCUT2D eigenvalue weighted by molar-refractivity contribution is 5.33. The summed E-state index contributed by atoms with van der Waals surface area (Å²) in [4.78, 5) is 8.61. The van der Waals surface area contributed by atoms with Crippen LogP contribution in [-0.2, 0) is 12.8 Å². The predicted octanol–water partition coefficient (Wildman–Crippen LogP) is 1.61. The highest BCUT2D eigenvalue weighted by atomic mass is 16.5. The molecule has 2 aliphatic rings.